The smallest absolute Gasteiger partial charge is 0.225 e. The number of sulfonamides is 1. The molecule has 2 aliphatic rings. The Kier molecular flexibility index (Phi) is 9.83. The number of hydrogen-bond acceptors (Lipinski definition) is 8. The average Bonchev–Trinajstić information content (AvgIpc) is 3.53. The molecule has 38 heavy (non-hydrogen) atoms. The van der Waals surface area contributed by atoms with Crippen LogP contribution in [0.2, 0.25) is 0 Å². The minimum atomic E-state index is -3.27. The lowest BCUT2D eigenvalue weighted by Gasteiger charge is -2.39. The molecular weight excluding hydrogens is 522 g/mol. The number of likely N-dealkylation sites (N-methyl/N-ethyl adjacent to an activating group) is 1. The second-order valence-electron chi connectivity index (χ2n) is 10.9. The molecule has 0 atom stereocenters. The molecule has 1 saturated heterocycles. The number of thiazole rings is 1. The number of anilines is 1. The Morgan fingerprint density at radius 1 is 1.11 bits per heavy atom. The van der Waals surface area contributed by atoms with Gasteiger partial charge in [0.15, 0.2) is 0 Å². The summed E-state index contributed by atoms with van der Waals surface area (Å²) < 4.78 is 28.4. The molecule has 1 aliphatic carbocycles. The van der Waals surface area contributed by atoms with E-state index in [0.717, 1.165) is 63.0 Å². The van der Waals surface area contributed by atoms with Gasteiger partial charge in [0.2, 0.25) is 15.9 Å². The van der Waals surface area contributed by atoms with E-state index in [1.165, 1.54) is 11.3 Å². The summed E-state index contributed by atoms with van der Waals surface area (Å²) in [5.74, 6) is 0.218. The molecule has 1 aliphatic heterocycles. The normalized spacial score (nSPS) is 21.0. The molecule has 0 unspecified atom stereocenters. The van der Waals surface area contributed by atoms with Crippen molar-refractivity contribution in [2.75, 3.05) is 64.5 Å². The van der Waals surface area contributed by atoms with Crippen LogP contribution in [0.4, 0.5) is 5.69 Å². The molecular formula is C26H43N7O3S2. The van der Waals surface area contributed by atoms with Gasteiger partial charge in [-0.25, -0.2) is 13.4 Å². The largest absolute Gasteiger partial charge is 0.365 e. The molecule has 3 heterocycles. The van der Waals surface area contributed by atoms with Gasteiger partial charge in [-0.05, 0) is 52.6 Å². The van der Waals surface area contributed by atoms with E-state index in [1.54, 1.807) is 15.6 Å². The summed E-state index contributed by atoms with van der Waals surface area (Å²) in [5.41, 5.74) is 2.14. The first-order valence-electron chi connectivity index (χ1n) is 13.7. The number of carbonyl (C=O) groups is 1. The maximum Gasteiger partial charge on any atom is 0.225 e. The van der Waals surface area contributed by atoms with Crippen molar-refractivity contribution in [3.05, 3.63) is 28.5 Å². The summed E-state index contributed by atoms with van der Waals surface area (Å²) >= 11 is 1.72. The van der Waals surface area contributed by atoms with Crippen LogP contribution < -0.4 is 4.90 Å². The third-order valence-electron chi connectivity index (χ3n) is 7.61. The molecule has 1 saturated carbocycles. The highest BCUT2D eigenvalue weighted by atomic mass is 32.2. The van der Waals surface area contributed by atoms with Crippen LogP contribution >= 0.6 is 11.3 Å². The van der Waals surface area contributed by atoms with Crippen LogP contribution in [-0.2, 0) is 27.8 Å². The quantitative estimate of drug-likeness (QED) is 0.413. The van der Waals surface area contributed by atoms with Crippen LogP contribution in [0.3, 0.4) is 0 Å². The second-order valence-corrected chi connectivity index (χ2v) is 13.8. The van der Waals surface area contributed by atoms with Gasteiger partial charge >= 0.3 is 0 Å². The highest BCUT2D eigenvalue weighted by Gasteiger charge is 2.35. The van der Waals surface area contributed by atoms with E-state index in [0.29, 0.717) is 32.7 Å². The average molecular weight is 566 g/mol. The Labute approximate surface area is 231 Å². The van der Waals surface area contributed by atoms with Crippen LogP contribution in [0.25, 0.3) is 0 Å². The zero-order chi connectivity index (χ0) is 27.3. The fourth-order valence-electron chi connectivity index (χ4n) is 5.49. The lowest BCUT2D eigenvalue weighted by molar-refractivity contribution is -0.137. The molecule has 0 spiro atoms. The van der Waals surface area contributed by atoms with E-state index in [9.17, 15) is 13.2 Å². The summed E-state index contributed by atoms with van der Waals surface area (Å²) in [4.78, 5) is 24.3. The van der Waals surface area contributed by atoms with Crippen LogP contribution in [0, 0.1) is 5.92 Å². The van der Waals surface area contributed by atoms with Crippen LogP contribution in [0.15, 0.2) is 17.8 Å². The third-order valence-corrected chi connectivity index (χ3v) is 9.90. The summed E-state index contributed by atoms with van der Waals surface area (Å²) in [6.45, 7) is 7.02. The van der Waals surface area contributed by atoms with Crippen molar-refractivity contribution in [1.82, 2.24) is 28.9 Å². The zero-order valence-electron chi connectivity index (χ0n) is 23.3. The van der Waals surface area contributed by atoms with Crippen LogP contribution in [0.1, 0.15) is 49.7 Å². The van der Waals surface area contributed by atoms with Gasteiger partial charge in [0.05, 0.1) is 35.4 Å². The first-order valence-corrected chi connectivity index (χ1v) is 16.5. The molecule has 2 fully saturated rings. The molecule has 12 heteroatoms. The maximum absolute atomic E-state index is 13.3. The molecule has 212 valence electrons. The fourth-order valence-corrected chi connectivity index (χ4v) is 7.55. The number of rotatable bonds is 11. The van der Waals surface area contributed by atoms with E-state index < -0.39 is 10.0 Å². The highest BCUT2D eigenvalue weighted by Crippen LogP contribution is 2.30. The topological polar surface area (TPSA) is 94.9 Å². The number of carbonyl (C=O) groups excluding carboxylic acids is 1. The van der Waals surface area contributed by atoms with Crippen molar-refractivity contribution in [3.63, 3.8) is 0 Å². The summed E-state index contributed by atoms with van der Waals surface area (Å²) in [7, 11) is 0.631. The van der Waals surface area contributed by atoms with Crippen molar-refractivity contribution in [2.24, 2.45) is 5.92 Å². The van der Waals surface area contributed by atoms with Gasteiger partial charge < -0.3 is 14.7 Å². The molecule has 1 amide bonds. The Morgan fingerprint density at radius 3 is 2.45 bits per heavy atom. The lowest BCUT2D eigenvalue weighted by atomic mass is 9.85. The van der Waals surface area contributed by atoms with Crippen molar-refractivity contribution in [3.8, 4) is 0 Å². The zero-order valence-corrected chi connectivity index (χ0v) is 24.9. The van der Waals surface area contributed by atoms with Crippen molar-refractivity contribution in [1.29, 1.82) is 0 Å². The van der Waals surface area contributed by atoms with E-state index >= 15 is 0 Å². The van der Waals surface area contributed by atoms with E-state index in [-0.39, 0.29) is 17.9 Å². The number of piperazine rings is 1. The van der Waals surface area contributed by atoms with E-state index in [1.807, 2.05) is 34.8 Å². The number of nitrogens with zero attached hydrogens (tertiary/aromatic N) is 7. The SMILES string of the molecule is CCCc1nc(Cn2cc(N3CCN(C(=O)[C@H]4CC[C@H](N(CCN(C)C)S(C)(=O)=O)CC4)CC3)cn2)cs1. The standard InChI is InChI=1S/C26H43N7O3S2/c1-5-6-25-28-22(20-37-25)18-32-19-24(17-27-32)30-12-14-31(15-13-30)26(34)21-7-9-23(10-8-21)33(38(4,35)36)16-11-29(2)3/h17,19-21,23H,5-16,18H2,1-4H3/t21-,23-. The Hall–Kier alpha value is -2.02. The van der Waals surface area contributed by atoms with Gasteiger partial charge in [-0.1, -0.05) is 6.92 Å². The number of aryl methyl sites for hydroxylation is 1. The predicted octanol–water partition coefficient (Wildman–Crippen LogP) is 2.37. The Balaban J connectivity index is 1.24. The van der Waals surface area contributed by atoms with Gasteiger partial charge in [-0.2, -0.15) is 9.40 Å². The molecule has 0 N–H and O–H groups in total. The number of amides is 1. The van der Waals surface area contributed by atoms with Gasteiger partial charge in [-0.3, -0.25) is 9.48 Å². The van der Waals surface area contributed by atoms with Gasteiger partial charge in [-0.15, -0.1) is 11.3 Å². The number of aromatic nitrogens is 3. The second kappa shape index (κ2) is 12.9. The molecule has 0 bridgehead atoms. The van der Waals surface area contributed by atoms with Crippen molar-refractivity contribution in [2.45, 2.75) is 58.0 Å². The summed E-state index contributed by atoms with van der Waals surface area (Å²) in [6, 6.07) is -0.00935. The monoisotopic (exact) mass is 565 g/mol. The van der Waals surface area contributed by atoms with E-state index in [4.69, 9.17) is 4.98 Å². The molecule has 10 nitrogen and oxygen atoms in total. The van der Waals surface area contributed by atoms with Gasteiger partial charge in [0.25, 0.3) is 0 Å². The molecule has 2 aromatic rings. The van der Waals surface area contributed by atoms with Crippen LogP contribution in [-0.4, -0.2) is 109 Å². The molecule has 0 radical (unpaired) electrons. The van der Waals surface area contributed by atoms with Crippen molar-refractivity contribution >= 4 is 33.0 Å². The molecule has 4 rings (SSSR count). The summed E-state index contributed by atoms with van der Waals surface area (Å²) in [5, 5.41) is 7.84. The maximum atomic E-state index is 13.3. The van der Waals surface area contributed by atoms with Crippen LogP contribution in [0.5, 0.6) is 0 Å². The predicted molar refractivity (Wildman–Crippen MR) is 152 cm³/mol. The lowest BCUT2D eigenvalue weighted by Crippen LogP contribution is -2.51. The van der Waals surface area contributed by atoms with Crippen molar-refractivity contribution < 1.29 is 13.2 Å². The first kappa shape index (κ1) is 29.0. The summed E-state index contributed by atoms with van der Waals surface area (Å²) in [6.07, 6.45) is 10.4. The first-order chi connectivity index (χ1) is 18.1. The van der Waals surface area contributed by atoms with Gasteiger partial charge in [0.1, 0.15) is 0 Å². The Morgan fingerprint density at radius 2 is 1.82 bits per heavy atom. The minimum absolute atomic E-state index is 0.00785. The van der Waals surface area contributed by atoms with Gasteiger partial charge in [0, 0.05) is 62.8 Å². The fraction of sp³-hybridized carbons (Fsp3) is 0.731. The number of hydrogen-bond donors (Lipinski definition) is 0. The molecule has 0 aromatic carbocycles. The van der Waals surface area contributed by atoms with E-state index in [2.05, 4.69) is 28.5 Å². The minimum Gasteiger partial charge on any atom is -0.365 e. The third kappa shape index (κ3) is 7.55. The Bertz CT molecular complexity index is 1150. The highest BCUT2D eigenvalue weighted by molar-refractivity contribution is 7.88. The molecule has 2 aromatic heterocycles.